The van der Waals surface area contributed by atoms with Crippen molar-refractivity contribution in [3.05, 3.63) is 29.8 Å². The van der Waals surface area contributed by atoms with Crippen LogP contribution in [0.25, 0.3) is 0 Å². The Morgan fingerprint density at radius 3 is 2.88 bits per heavy atom. The van der Waals surface area contributed by atoms with Gasteiger partial charge >= 0.3 is 0 Å². The Bertz CT molecular complexity index is 388. The SMILES string of the molecule is C#CCN(Cc1cccc(N)c1)CC1CC1. The van der Waals surface area contributed by atoms with E-state index in [-0.39, 0.29) is 0 Å². The summed E-state index contributed by atoms with van der Waals surface area (Å²) in [5, 5.41) is 0. The molecule has 0 aromatic heterocycles. The van der Waals surface area contributed by atoms with Crippen LogP contribution in [0.15, 0.2) is 24.3 Å². The molecule has 0 aliphatic heterocycles. The minimum Gasteiger partial charge on any atom is -0.399 e. The van der Waals surface area contributed by atoms with E-state index in [0.29, 0.717) is 0 Å². The number of nitrogen functional groups attached to an aromatic ring is 1. The summed E-state index contributed by atoms with van der Waals surface area (Å²) in [5.74, 6) is 3.60. The molecule has 16 heavy (non-hydrogen) atoms. The van der Waals surface area contributed by atoms with Gasteiger partial charge in [-0.05, 0) is 36.5 Å². The monoisotopic (exact) mass is 214 g/mol. The first-order valence-corrected chi connectivity index (χ1v) is 5.78. The van der Waals surface area contributed by atoms with Crippen molar-refractivity contribution in [3.63, 3.8) is 0 Å². The third kappa shape index (κ3) is 3.29. The molecule has 0 spiro atoms. The fraction of sp³-hybridized carbons (Fsp3) is 0.429. The lowest BCUT2D eigenvalue weighted by molar-refractivity contribution is 0.286. The van der Waals surface area contributed by atoms with Gasteiger partial charge in [0.1, 0.15) is 0 Å². The number of nitrogens with zero attached hydrogens (tertiary/aromatic N) is 1. The first kappa shape index (κ1) is 11.0. The lowest BCUT2D eigenvalue weighted by atomic mass is 10.2. The lowest BCUT2D eigenvalue weighted by Crippen LogP contribution is -2.25. The summed E-state index contributed by atoms with van der Waals surface area (Å²) in [7, 11) is 0. The van der Waals surface area contributed by atoms with Crippen molar-refractivity contribution in [3.8, 4) is 12.3 Å². The van der Waals surface area contributed by atoms with Gasteiger partial charge in [0.2, 0.25) is 0 Å². The molecule has 2 N–H and O–H groups in total. The van der Waals surface area contributed by atoms with Crippen LogP contribution in [0.2, 0.25) is 0 Å². The molecule has 0 unspecified atom stereocenters. The molecule has 0 heterocycles. The Morgan fingerprint density at radius 2 is 2.25 bits per heavy atom. The molecule has 1 aromatic rings. The van der Waals surface area contributed by atoms with E-state index in [0.717, 1.165) is 31.2 Å². The van der Waals surface area contributed by atoms with E-state index < -0.39 is 0 Å². The molecule has 1 aromatic carbocycles. The molecule has 1 aliphatic carbocycles. The average molecular weight is 214 g/mol. The van der Waals surface area contributed by atoms with Gasteiger partial charge in [0.15, 0.2) is 0 Å². The van der Waals surface area contributed by atoms with Crippen LogP contribution in [0, 0.1) is 18.3 Å². The molecule has 0 saturated heterocycles. The van der Waals surface area contributed by atoms with Crippen LogP contribution in [-0.4, -0.2) is 18.0 Å². The molecule has 0 bridgehead atoms. The second-order valence-corrected chi connectivity index (χ2v) is 4.56. The van der Waals surface area contributed by atoms with E-state index in [9.17, 15) is 0 Å². The topological polar surface area (TPSA) is 29.3 Å². The molecule has 1 saturated carbocycles. The van der Waals surface area contributed by atoms with Gasteiger partial charge in [-0.2, -0.15) is 0 Å². The van der Waals surface area contributed by atoms with Crippen LogP contribution in [-0.2, 0) is 6.54 Å². The van der Waals surface area contributed by atoms with E-state index in [1.807, 2.05) is 18.2 Å². The molecule has 2 rings (SSSR count). The minimum atomic E-state index is 0.727. The largest absolute Gasteiger partial charge is 0.399 e. The number of anilines is 1. The number of benzene rings is 1. The van der Waals surface area contributed by atoms with E-state index in [4.69, 9.17) is 12.2 Å². The highest BCUT2D eigenvalue weighted by Gasteiger charge is 2.23. The Balaban J connectivity index is 1.95. The summed E-state index contributed by atoms with van der Waals surface area (Å²) < 4.78 is 0. The number of terminal acetylenes is 1. The second-order valence-electron chi connectivity index (χ2n) is 4.56. The van der Waals surface area contributed by atoms with Gasteiger partial charge in [-0.3, -0.25) is 4.90 Å². The zero-order chi connectivity index (χ0) is 11.4. The van der Waals surface area contributed by atoms with E-state index >= 15 is 0 Å². The number of nitrogens with two attached hydrogens (primary N) is 1. The summed E-state index contributed by atoms with van der Waals surface area (Å²) in [5.41, 5.74) is 7.83. The summed E-state index contributed by atoms with van der Waals surface area (Å²) in [6.07, 6.45) is 8.11. The highest BCUT2D eigenvalue weighted by atomic mass is 15.1. The summed E-state index contributed by atoms with van der Waals surface area (Å²) in [6.45, 7) is 2.76. The van der Waals surface area contributed by atoms with Crippen LogP contribution in [0.4, 0.5) is 5.69 Å². The molecule has 0 atom stereocenters. The summed E-state index contributed by atoms with van der Waals surface area (Å²) >= 11 is 0. The van der Waals surface area contributed by atoms with Crippen molar-refractivity contribution in [2.75, 3.05) is 18.8 Å². The molecule has 0 radical (unpaired) electrons. The van der Waals surface area contributed by atoms with Gasteiger partial charge in [-0.25, -0.2) is 0 Å². The third-order valence-electron chi connectivity index (χ3n) is 2.89. The number of hydrogen-bond acceptors (Lipinski definition) is 2. The Hall–Kier alpha value is -1.46. The maximum Gasteiger partial charge on any atom is 0.0601 e. The van der Waals surface area contributed by atoms with E-state index in [2.05, 4.69) is 16.9 Å². The molecule has 2 heteroatoms. The van der Waals surface area contributed by atoms with Gasteiger partial charge in [0, 0.05) is 18.8 Å². The fourth-order valence-electron chi connectivity index (χ4n) is 1.93. The van der Waals surface area contributed by atoms with Gasteiger partial charge in [-0.1, -0.05) is 18.1 Å². The van der Waals surface area contributed by atoms with Crippen LogP contribution in [0.3, 0.4) is 0 Å². The van der Waals surface area contributed by atoms with Crippen molar-refractivity contribution < 1.29 is 0 Å². The van der Waals surface area contributed by atoms with Crippen LogP contribution >= 0.6 is 0 Å². The highest BCUT2D eigenvalue weighted by molar-refractivity contribution is 5.40. The predicted molar refractivity (Wildman–Crippen MR) is 67.7 cm³/mol. The number of rotatable bonds is 5. The van der Waals surface area contributed by atoms with E-state index in [1.54, 1.807) is 0 Å². The minimum absolute atomic E-state index is 0.727. The van der Waals surface area contributed by atoms with Gasteiger partial charge < -0.3 is 5.73 Å². The molecule has 1 aliphatic rings. The number of hydrogen-bond donors (Lipinski definition) is 1. The molecular weight excluding hydrogens is 196 g/mol. The van der Waals surface area contributed by atoms with Crippen molar-refractivity contribution in [1.82, 2.24) is 4.90 Å². The normalized spacial score (nSPS) is 15.0. The van der Waals surface area contributed by atoms with Gasteiger partial charge in [-0.15, -0.1) is 6.42 Å². The van der Waals surface area contributed by atoms with Crippen LogP contribution < -0.4 is 5.73 Å². The lowest BCUT2D eigenvalue weighted by Gasteiger charge is -2.19. The summed E-state index contributed by atoms with van der Waals surface area (Å²) in [6, 6.07) is 8.04. The molecule has 2 nitrogen and oxygen atoms in total. The molecular formula is C14H18N2. The van der Waals surface area contributed by atoms with Gasteiger partial charge in [0.25, 0.3) is 0 Å². The Morgan fingerprint density at radius 1 is 1.44 bits per heavy atom. The summed E-state index contributed by atoms with van der Waals surface area (Å²) in [4.78, 5) is 2.33. The maximum atomic E-state index is 5.76. The first-order chi connectivity index (χ1) is 7.78. The van der Waals surface area contributed by atoms with Crippen LogP contribution in [0.5, 0.6) is 0 Å². The average Bonchev–Trinajstić information content (AvgIpc) is 3.02. The highest BCUT2D eigenvalue weighted by Crippen LogP contribution is 2.30. The van der Waals surface area contributed by atoms with Gasteiger partial charge in [0.05, 0.1) is 6.54 Å². The van der Waals surface area contributed by atoms with Crippen molar-refractivity contribution in [2.45, 2.75) is 19.4 Å². The fourth-order valence-corrected chi connectivity index (χ4v) is 1.93. The maximum absolute atomic E-state index is 5.76. The smallest absolute Gasteiger partial charge is 0.0601 e. The van der Waals surface area contributed by atoms with Crippen molar-refractivity contribution in [2.24, 2.45) is 5.92 Å². The van der Waals surface area contributed by atoms with E-state index in [1.165, 1.54) is 18.4 Å². The van der Waals surface area contributed by atoms with Crippen molar-refractivity contribution >= 4 is 5.69 Å². The first-order valence-electron chi connectivity index (χ1n) is 5.78. The third-order valence-corrected chi connectivity index (χ3v) is 2.89. The standard InChI is InChI=1S/C14H18N2/c1-2-8-16(10-12-6-7-12)11-13-4-3-5-14(15)9-13/h1,3-5,9,12H,6-8,10-11,15H2. The quantitative estimate of drug-likeness (QED) is 0.601. The molecule has 0 amide bonds. The molecule has 84 valence electrons. The zero-order valence-corrected chi connectivity index (χ0v) is 9.52. The zero-order valence-electron chi connectivity index (χ0n) is 9.52. The second kappa shape index (κ2) is 5.05. The van der Waals surface area contributed by atoms with Crippen molar-refractivity contribution in [1.29, 1.82) is 0 Å². The Labute approximate surface area is 97.4 Å². The predicted octanol–water partition coefficient (Wildman–Crippen LogP) is 2.11. The molecule has 1 fully saturated rings. The Kier molecular flexibility index (Phi) is 3.48. The van der Waals surface area contributed by atoms with Crippen LogP contribution in [0.1, 0.15) is 18.4 Å².